The highest BCUT2D eigenvalue weighted by molar-refractivity contribution is 9.10. The molecule has 1 aromatic rings. The number of anilines is 1. The smallest absolute Gasteiger partial charge is 0.0318 e. The first-order chi connectivity index (χ1) is 7.75. The van der Waals surface area contributed by atoms with Crippen LogP contribution in [0.2, 0.25) is 0 Å². The van der Waals surface area contributed by atoms with Gasteiger partial charge in [-0.1, -0.05) is 28.8 Å². The molecule has 0 saturated carbocycles. The number of likely N-dealkylation sites (tertiary alicyclic amines) is 1. The van der Waals surface area contributed by atoms with Gasteiger partial charge in [-0.05, 0) is 49.7 Å². The standard InChI is InChI=1S/C13H19BrN2/c14-13-6-5-12(15)9-11(13)10-16-7-3-1-2-4-8-16/h5-6,9H,1-4,7-8,10,15H2. The zero-order valence-electron chi connectivity index (χ0n) is 9.58. The van der Waals surface area contributed by atoms with E-state index >= 15 is 0 Å². The van der Waals surface area contributed by atoms with Crippen molar-refractivity contribution < 1.29 is 0 Å². The molecule has 1 aromatic carbocycles. The van der Waals surface area contributed by atoms with Gasteiger partial charge in [-0.15, -0.1) is 0 Å². The van der Waals surface area contributed by atoms with Crippen LogP contribution in [0.4, 0.5) is 5.69 Å². The van der Waals surface area contributed by atoms with Crippen LogP contribution in [0, 0.1) is 0 Å². The molecule has 1 aliphatic heterocycles. The minimum Gasteiger partial charge on any atom is -0.399 e. The summed E-state index contributed by atoms with van der Waals surface area (Å²) in [5.74, 6) is 0. The van der Waals surface area contributed by atoms with Crippen LogP contribution >= 0.6 is 15.9 Å². The summed E-state index contributed by atoms with van der Waals surface area (Å²) in [6.45, 7) is 3.47. The van der Waals surface area contributed by atoms with Crippen LogP contribution in [0.1, 0.15) is 31.2 Å². The molecular weight excluding hydrogens is 264 g/mol. The highest BCUT2D eigenvalue weighted by Gasteiger charge is 2.11. The Labute approximate surface area is 106 Å². The van der Waals surface area contributed by atoms with Crippen LogP contribution in [0.5, 0.6) is 0 Å². The van der Waals surface area contributed by atoms with Crippen LogP contribution in [0.15, 0.2) is 22.7 Å². The Kier molecular flexibility index (Phi) is 4.24. The maximum Gasteiger partial charge on any atom is 0.0318 e. The van der Waals surface area contributed by atoms with E-state index in [0.29, 0.717) is 0 Å². The van der Waals surface area contributed by atoms with E-state index in [1.807, 2.05) is 12.1 Å². The summed E-state index contributed by atoms with van der Waals surface area (Å²) in [6, 6.07) is 6.06. The van der Waals surface area contributed by atoms with Crippen LogP contribution in [-0.2, 0) is 6.54 Å². The van der Waals surface area contributed by atoms with Crippen molar-refractivity contribution in [3.05, 3.63) is 28.2 Å². The fourth-order valence-electron chi connectivity index (χ4n) is 2.25. The quantitative estimate of drug-likeness (QED) is 0.843. The molecule has 0 aliphatic carbocycles. The minimum absolute atomic E-state index is 0.855. The first-order valence-corrected chi connectivity index (χ1v) is 6.81. The first kappa shape index (κ1) is 11.9. The topological polar surface area (TPSA) is 29.3 Å². The Morgan fingerprint density at radius 3 is 2.50 bits per heavy atom. The molecule has 1 fully saturated rings. The normalized spacial score (nSPS) is 18.3. The number of rotatable bonds is 2. The van der Waals surface area contributed by atoms with Gasteiger partial charge in [0.1, 0.15) is 0 Å². The Morgan fingerprint density at radius 2 is 1.81 bits per heavy atom. The van der Waals surface area contributed by atoms with Crippen molar-refractivity contribution in [3.8, 4) is 0 Å². The van der Waals surface area contributed by atoms with E-state index in [0.717, 1.165) is 12.2 Å². The summed E-state index contributed by atoms with van der Waals surface area (Å²) in [5.41, 5.74) is 7.99. The lowest BCUT2D eigenvalue weighted by Gasteiger charge is -2.20. The fourth-order valence-corrected chi connectivity index (χ4v) is 2.62. The van der Waals surface area contributed by atoms with Crippen LogP contribution in [0.3, 0.4) is 0 Å². The molecule has 16 heavy (non-hydrogen) atoms. The van der Waals surface area contributed by atoms with E-state index in [1.54, 1.807) is 0 Å². The molecule has 0 amide bonds. The van der Waals surface area contributed by atoms with Gasteiger partial charge in [0.25, 0.3) is 0 Å². The molecule has 0 bridgehead atoms. The van der Waals surface area contributed by atoms with Crippen molar-refractivity contribution in [1.82, 2.24) is 4.90 Å². The van der Waals surface area contributed by atoms with Gasteiger partial charge in [0, 0.05) is 16.7 Å². The molecule has 1 saturated heterocycles. The Bertz CT molecular complexity index is 344. The largest absolute Gasteiger partial charge is 0.399 e. The molecule has 2 N–H and O–H groups in total. The highest BCUT2D eigenvalue weighted by Crippen LogP contribution is 2.22. The molecule has 1 heterocycles. The predicted molar refractivity (Wildman–Crippen MR) is 72.3 cm³/mol. The summed E-state index contributed by atoms with van der Waals surface area (Å²) < 4.78 is 1.17. The van der Waals surface area contributed by atoms with Crippen molar-refractivity contribution in [2.45, 2.75) is 32.2 Å². The average Bonchev–Trinajstić information content (AvgIpc) is 2.52. The van der Waals surface area contributed by atoms with Gasteiger partial charge in [0.15, 0.2) is 0 Å². The van der Waals surface area contributed by atoms with Gasteiger partial charge >= 0.3 is 0 Å². The monoisotopic (exact) mass is 282 g/mol. The number of benzene rings is 1. The SMILES string of the molecule is Nc1ccc(Br)c(CN2CCCCCC2)c1. The lowest BCUT2D eigenvalue weighted by atomic mass is 10.2. The van der Waals surface area contributed by atoms with Crippen LogP contribution in [0.25, 0.3) is 0 Å². The second-order valence-corrected chi connectivity index (χ2v) is 5.40. The molecule has 0 spiro atoms. The average molecular weight is 283 g/mol. The van der Waals surface area contributed by atoms with Crippen molar-refractivity contribution in [3.63, 3.8) is 0 Å². The summed E-state index contributed by atoms with van der Waals surface area (Å²) in [6.07, 6.45) is 5.43. The molecule has 0 aromatic heterocycles. The van der Waals surface area contributed by atoms with Gasteiger partial charge in [-0.2, -0.15) is 0 Å². The fraction of sp³-hybridized carbons (Fsp3) is 0.538. The molecule has 2 nitrogen and oxygen atoms in total. The molecule has 0 unspecified atom stereocenters. The molecule has 3 heteroatoms. The predicted octanol–water partition coefficient (Wildman–Crippen LogP) is 3.41. The van der Waals surface area contributed by atoms with E-state index in [4.69, 9.17) is 5.73 Å². The molecule has 1 aliphatic rings. The van der Waals surface area contributed by atoms with Crippen LogP contribution in [-0.4, -0.2) is 18.0 Å². The lowest BCUT2D eigenvalue weighted by Crippen LogP contribution is -2.24. The number of nitrogens with two attached hydrogens (primary N) is 1. The second-order valence-electron chi connectivity index (χ2n) is 4.54. The van der Waals surface area contributed by atoms with E-state index < -0.39 is 0 Å². The molecule has 2 rings (SSSR count). The minimum atomic E-state index is 0.855. The second kappa shape index (κ2) is 5.69. The Morgan fingerprint density at radius 1 is 1.12 bits per heavy atom. The van der Waals surface area contributed by atoms with E-state index in [9.17, 15) is 0 Å². The first-order valence-electron chi connectivity index (χ1n) is 6.02. The highest BCUT2D eigenvalue weighted by atomic mass is 79.9. The lowest BCUT2D eigenvalue weighted by molar-refractivity contribution is 0.276. The zero-order chi connectivity index (χ0) is 11.4. The summed E-state index contributed by atoms with van der Waals surface area (Å²) in [5, 5.41) is 0. The van der Waals surface area contributed by atoms with Gasteiger partial charge in [0.2, 0.25) is 0 Å². The van der Waals surface area contributed by atoms with Crippen molar-refractivity contribution in [2.75, 3.05) is 18.8 Å². The van der Waals surface area contributed by atoms with Gasteiger partial charge in [0.05, 0.1) is 0 Å². The van der Waals surface area contributed by atoms with E-state index in [2.05, 4.69) is 26.9 Å². The van der Waals surface area contributed by atoms with Gasteiger partial charge in [-0.25, -0.2) is 0 Å². The van der Waals surface area contributed by atoms with Crippen molar-refractivity contribution >= 4 is 21.6 Å². The van der Waals surface area contributed by atoms with Crippen LogP contribution < -0.4 is 5.73 Å². The Balaban J connectivity index is 2.04. The van der Waals surface area contributed by atoms with E-state index in [1.165, 1.54) is 48.8 Å². The number of halogens is 1. The third-order valence-electron chi connectivity index (χ3n) is 3.16. The summed E-state index contributed by atoms with van der Waals surface area (Å²) in [4.78, 5) is 2.53. The van der Waals surface area contributed by atoms with Gasteiger partial charge < -0.3 is 5.73 Å². The Hall–Kier alpha value is -0.540. The number of hydrogen-bond donors (Lipinski definition) is 1. The van der Waals surface area contributed by atoms with E-state index in [-0.39, 0.29) is 0 Å². The number of hydrogen-bond acceptors (Lipinski definition) is 2. The molecule has 0 atom stereocenters. The molecular formula is C13H19BrN2. The number of nitrogens with zero attached hydrogens (tertiary/aromatic N) is 1. The van der Waals surface area contributed by atoms with Crippen molar-refractivity contribution in [1.29, 1.82) is 0 Å². The number of nitrogen functional groups attached to an aromatic ring is 1. The summed E-state index contributed by atoms with van der Waals surface area (Å²) in [7, 11) is 0. The summed E-state index contributed by atoms with van der Waals surface area (Å²) >= 11 is 3.59. The maximum absolute atomic E-state index is 5.82. The molecule has 88 valence electrons. The van der Waals surface area contributed by atoms with Crippen molar-refractivity contribution in [2.24, 2.45) is 0 Å². The molecule has 0 radical (unpaired) electrons. The zero-order valence-corrected chi connectivity index (χ0v) is 11.2. The third-order valence-corrected chi connectivity index (χ3v) is 3.94. The van der Waals surface area contributed by atoms with Gasteiger partial charge in [-0.3, -0.25) is 4.90 Å². The third kappa shape index (κ3) is 3.22. The maximum atomic E-state index is 5.82.